The van der Waals surface area contributed by atoms with Crippen LogP contribution < -0.4 is 9.47 Å². The van der Waals surface area contributed by atoms with Gasteiger partial charge in [0, 0.05) is 12.1 Å². The Morgan fingerprint density at radius 1 is 1.00 bits per heavy atom. The lowest BCUT2D eigenvalue weighted by Gasteiger charge is -2.26. The molecule has 0 saturated carbocycles. The molecule has 1 aliphatic rings. The fourth-order valence-corrected chi connectivity index (χ4v) is 4.36. The molecule has 8 heteroatoms. The zero-order chi connectivity index (χ0) is 26.5. The molecule has 37 heavy (non-hydrogen) atoms. The molecule has 0 bridgehead atoms. The standard InChI is InChI=1S/C29H29FN2O5/c1-31(2)15-8-16-32-26(19-9-7-12-22(17-19)37-21-10-5-4-6-11-21)25(28(34)29(32)35)27(33)20-13-14-24(36-3)23(30)18-20/h4-7,9-14,17-18,26,33H,8,15-16H2,1-3H3. The van der Waals surface area contributed by atoms with Gasteiger partial charge >= 0.3 is 0 Å². The van der Waals surface area contributed by atoms with E-state index < -0.39 is 29.3 Å². The molecular weight excluding hydrogens is 475 g/mol. The van der Waals surface area contributed by atoms with Crippen LogP contribution in [0.4, 0.5) is 4.39 Å². The van der Waals surface area contributed by atoms with Gasteiger partial charge in [-0.1, -0.05) is 30.3 Å². The van der Waals surface area contributed by atoms with Crippen LogP contribution in [0.25, 0.3) is 5.76 Å². The van der Waals surface area contributed by atoms with Crippen molar-refractivity contribution in [3.05, 3.63) is 95.3 Å². The van der Waals surface area contributed by atoms with Crippen molar-refractivity contribution in [2.45, 2.75) is 12.5 Å². The van der Waals surface area contributed by atoms with E-state index in [1.165, 1.54) is 24.1 Å². The topological polar surface area (TPSA) is 79.3 Å². The molecule has 4 rings (SSSR count). The summed E-state index contributed by atoms with van der Waals surface area (Å²) in [5.74, 6) is -1.53. The molecule has 192 valence electrons. The number of carbonyl (C=O) groups excluding carboxylic acids is 2. The Morgan fingerprint density at radius 2 is 1.73 bits per heavy atom. The zero-order valence-electron chi connectivity index (χ0n) is 21.0. The molecule has 0 aromatic heterocycles. The molecule has 1 unspecified atom stereocenters. The van der Waals surface area contributed by atoms with E-state index in [2.05, 4.69) is 0 Å². The minimum absolute atomic E-state index is 0.00278. The van der Waals surface area contributed by atoms with Gasteiger partial charge in [0.1, 0.15) is 17.3 Å². The molecule has 1 fully saturated rings. The number of hydrogen-bond donors (Lipinski definition) is 1. The monoisotopic (exact) mass is 504 g/mol. The van der Waals surface area contributed by atoms with Crippen molar-refractivity contribution in [3.8, 4) is 17.2 Å². The highest BCUT2D eigenvalue weighted by Gasteiger charge is 2.46. The SMILES string of the molecule is COc1ccc(C(O)=C2C(=O)C(=O)N(CCCN(C)C)C2c2cccc(Oc3ccccc3)c2)cc1F. The smallest absolute Gasteiger partial charge is 0.295 e. The highest BCUT2D eigenvalue weighted by Crippen LogP contribution is 2.41. The lowest BCUT2D eigenvalue weighted by atomic mass is 9.95. The average molecular weight is 505 g/mol. The third kappa shape index (κ3) is 5.65. The van der Waals surface area contributed by atoms with E-state index in [0.717, 1.165) is 6.07 Å². The third-order valence-corrected chi connectivity index (χ3v) is 6.12. The van der Waals surface area contributed by atoms with Crippen LogP contribution >= 0.6 is 0 Å². The second-order valence-corrected chi connectivity index (χ2v) is 8.99. The lowest BCUT2D eigenvalue weighted by Crippen LogP contribution is -2.32. The number of likely N-dealkylation sites (tertiary alicyclic amines) is 1. The summed E-state index contributed by atoms with van der Waals surface area (Å²) in [5.41, 5.74) is 0.565. The number of aliphatic hydroxyl groups excluding tert-OH is 1. The van der Waals surface area contributed by atoms with Crippen molar-refractivity contribution >= 4 is 17.4 Å². The van der Waals surface area contributed by atoms with Gasteiger partial charge in [-0.15, -0.1) is 0 Å². The molecular formula is C29H29FN2O5. The molecule has 1 N–H and O–H groups in total. The molecule has 1 heterocycles. The molecule has 3 aromatic rings. The van der Waals surface area contributed by atoms with Crippen molar-refractivity contribution in [2.75, 3.05) is 34.3 Å². The summed E-state index contributed by atoms with van der Waals surface area (Å²) < 4.78 is 25.3. The Hall–Kier alpha value is -4.17. The van der Waals surface area contributed by atoms with Crippen molar-refractivity contribution in [1.82, 2.24) is 9.80 Å². The molecule has 1 atom stereocenters. The van der Waals surface area contributed by atoms with E-state index in [9.17, 15) is 19.1 Å². The number of carbonyl (C=O) groups is 2. The Kier molecular flexibility index (Phi) is 7.89. The van der Waals surface area contributed by atoms with Crippen LogP contribution in [0.1, 0.15) is 23.6 Å². The van der Waals surface area contributed by atoms with E-state index in [4.69, 9.17) is 9.47 Å². The Labute approximate surface area is 215 Å². The van der Waals surface area contributed by atoms with Crippen molar-refractivity contribution < 1.29 is 28.6 Å². The first-order chi connectivity index (χ1) is 17.8. The minimum Gasteiger partial charge on any atom is -0.507 e. The van der Waals surface area contributed by atoms with E-state index in [0.29, 0.717) is 36.6 Å². The maximum absolute atomic E-state index is 14.4. The van der Waals surface area contributed by atoms with Crippen molar-refractivity contribution in [3.63, 3.8) is 0 Å². The van der Waals surface area contributed by atoms with E-state index in [1.807, 2.05) is 49.3 Å². The van der Waals surface area contributed by atoms with Gasteiger partial charge in [0.05, 0.1) is 18.7 Å². The fourth-order valence-electron chi connectivity index (χ4n) is 4.36. The number of nitrogens with zero attached hydrogens (tertiary/aromatic N) is 2. The number of halogens is 1. The summed E-state index contributed by atoms with van der Waals surface area (Å²) in [6.45, 7) is 1.00. The molecule has 0 spiro atoms. The van der Waals surface area contributed by atoms with Crippen LogP contribution in [0, 0.1) is 5.82 Å². The highest BCUT2D eigenvalue weighted by atomic mass is 19.1. The molecule has 0 radical (unpaired) electrons. The van der Waals surface area contributed by atoms with Crippen LogP contribution in [0.2, 0.25) is 0 Å². The number of amides is 1. The summed E-state index contributed by atoms with van der Waals surface area (Å²) in [7, 11) is 5.18. The molecule has 3 aromatic carbocycles. The van der Waals surface area contributed by atoms with Crippen LogP contribution in [0.15, 0.2) is 78.4 Å². The lowest BCUT2D eigenvalue weighted by molar-refractivity contribution is -0.139. The number of Topliss-reactive ketones (excluding diaryl/α,β-unsaturated/α-hetero) is 1. The van der Waals surface area contributed by atoms with Gasteiger partial charge in [0.2, 0.25) is 0 Å². The molecule has 1 saturated heterocycles. The minimum atomic E-state index is -0.869. The fraction of sp³-hybridized carbons (Fsp3) is 0.241. The van der Waals surface area contributed by atoms with Gasteiger partial charge < -0.3 is 24.4 Å². The van der Waals surface area contributed by atoms with Crippen molar-refractivity contribution in [1.29, 1.82) is 0 Å². The Morgan fingerprint density at radius 3 is 2.41 bits per heavy atom. The van der Waals surface area contributed by atoms with Gasteiger partial charge in [-0.05, 0) is 75.1 Å². The summed E-state index contributed by atoms with van der Waals surface area (Å²) in [5, 5.41) is 11.2. The summed E-state index contributed by atoms with van der Waals surface area (Å²) in [4.78, 5) is 29.8. The normalized spacial score (nSPS) is 16.9. The van der Waals surface area contributed by atoms with E-state index in [-0.39, 0.29) is 16.9 Å². The summed E-state index contributed by atoms with van der Waals surface area (Å²) in [6, 6.07) is 19.3. The van der Waals surface area contributed by atoms with Crippen LogP contribution in [0.5, 0.6) is 17.2 Å². The highest BCUT2D eigenvalue weighted by molar-refractivity contribution is 6.46. The predicted molar refractivity (Wildman–Crippen MR) is 138 cm³/mol. The predicted octanol–water partition coefficient (Wildman–Crippen LogP) is 5.00. The largest absolute Gasteiger partial charge is 0.507 e. The van der Waals surface area contributed by atoms with Gasteiger partial charge in [-0.2, -0.15) is 0 Å². The Bertz CT molecular complexity index is 1320. The number of rotatable bonds is 9. The second-order valence-electron chi connectivity index (χ2n) is 8.99. The van der Waals surface area contributed by atoms with Crippen LogP contribution in [-0.2, 0) is 9.59 Å². The van der Waals surface area contributed by atoms with E-state index >= 15 is 0 Å². The average Bonchev–Trinajstić information content (AvgIpc) is 3.14. The maximum Gasteiger partial charge on any atom is 0.295 e. The first kappa shape index (κ1) is 25.9. The first-order valence-corrected chi connectivity index (χ1v) is 11.9. The molecule has 0 aliphatic carbocycles. The zero-order valence-corrected chi connectivity index (χ0v) is 21.0. The number of ketones is 1. The number of ether oxygens (including phenoxy) is 2. The van der Waals surface area contributed by atoms with Gasteiger partial charge in [0.15, 0.2) is 11.6 Å². The number of aliphatic hydroxyl groups is 1. The number of methoxy groups -OCH3 is 1. The quantitative estimate of drug-likeness (QED) is 0.251. The second kappa shape index (κ2) is 11.3. The molecule has 1 aliphatic heterocycles. The van der Waals surface area contributed by atoms with E-state index in [1.54, 1.807) is 24.3 Å². The van der Waals surface area contributed by atoms with Crippen LogP contribution in [-0.4, -0.2) is 60.9 Å². The van der Waals surface area contributed by atoms with Crippen LogP contribution in [0.3, 0.4) is 0 Å². The Balaban J connectivity index is 1.79. The summed E-state index contributed by atoms with van der Waals surface area (Å²) in [6.07, 6.45) is 0.619. The molecule has 7 nitrogen and oxygen atoms in total. The maximum atomic E-state index is 14.4. The number of benzene rings is 3. The van der Waals surface area contributed by atoms with Gasteiger partial charge in [-0.3, -0.25) is 9.59 Å². The van der Waals surface area contributed by atoms with Gasteiger partial charge in [-0.25, -0.2) is 4.39 Å². The third-order valence-electron chi connectivity index (χ3n) is 6.12. The number of para-hydroxylation sites is 1. The molecule has 1 amide bonds. The number of hydrogen-bond acceptors (Lipinski definition) is 6. The first-order valence-electron chi connectivity index (χ1n) is 11.9. The van der Waals surface area contributed by atoms with Gasteiger partial charge in [0.25, 0.3) is 11.7 Å². The summed E-state index contributed by atoms with van der Waals surface area (Å²) >= 11 is 0. The van der Waals surface area contributed by atoms with Crippen molar-refractivity contribution in [2.24, 2.45) is 0 Å².